The van der Waals surface area contributed by atoms with Gasteiger partial charge in [-0.1, -0.05) is 18.9 Å². The number of nitrogens with one attached hydrogen (secondary N) is 2. The standard InChI is InChI=1S/C35H32F8N6O8/c1-48-33(8-2-3-9-33)29(52)26(30(53)47-20-6-5-18(34(38,39)40)12-19(20)21-13-24(35(41,42)43)46-16-45-21)31(54)49(48)15-17-4-7-23(28(37)27(17)36)57-11-10-44-22(32(55)56)14-25(50)51/h4-7,12-13,16,22,44,52H,2-3,8-11,14-15H2,1H3,(H,47,53)(H,50,51)(H,55,56)/t22-/m0/s1. The average Bonchev–Trinajstić information content (AvgIpc) is 3.64. The number of hydrogen-bond donors (Lipinski definition) is 5. The van der Waals surface area contributed by atoms with Gasteiger partial charge in [-0.2, -0.15) is 30.7 Å². The van der Waals surface area contributed by atoms with E-state index in [0.717, 1.165) is 23.2 Å². The molecule has 1 aliphatic carbocycles. The van der Waals surface area contributed by atoms with Gasteiger partial charge in [0.1, 0.15) is 36.0 Å². The fourth-order valence-corrected chi connectivity index (χ4v) is 6.55. The zero-order valence-corrected chi connectivity index (χ0v) is 29.5. The number of ether oxygens (including phenoxy) is 1. The van der Waals surface area contributed by atoms with E-state index in [1.54, 1.807) is 0 Å². The fourth-order valence-electron chi connectivity index (χ4n) is 6.55. The molecule has 5 rings (SSSR count). The molecule has 57 heavy (non-hydrogen) atoms. The minimum atomic E-state index is -5.02. The van der Waals surface area contributed by atoms with Crippen molar-refractivity contribution in [2.45, 2.75) is 62.6 Å². The maximum absolute atomic E-state index is 15.5. The number of aliphatic carboxylic acids is 2. The third-order valence-corrected chi connectivity index (χ3v) is 9.47. The summed E-state index contributed by atoms with van der Waals surface area (Å²) >= 11 is 0. The Kier molecular flexibility index (Phi) is 12.1. The van der Waals surface area contributed by atoms with Gasteiger partial charge in [0.15, 0.2) is 11.6 Å². The van der Waals surface area contributed by atoms with Crippen molar-refractivity contribution in [3.8, 4) is 17.0 Å². The van der Waals surface area contributed by atoms with Gasteiger partial charge < -0.3 is 30.7 Å². The van der Waals surface area contributed by atoms with Crippen LogP contribution in [0.15, 0.2) is 54.1 Å². The van der Waals surface area contributed by atoms with Crippen molar-refractivity contribution >= 4 is 29.4 Å². The summed E-state index contributed by atoms with van der Waals surface area (Å²) in [6.07, 6.45) is -9.02. The van der Waals surface area contributed by atoms with Crippen LogP contribution in [0.25, 0.3) is 11.3 Å². The molecule has 22 heteroatoms. The summed E-state index contributed by atoms with van der Waals surface area (Å²) in [5.41, 5.74) is -7.46. The van der Waals surface area contributed by atoms with Crippen LogP contribution in [-0.4, -0.2) is 90.8 Å². The number of likely N-dealkylation sites (N-methyl/N-ethyl adjacent to an activating group) is 1. The molecule has 2 aromatic carbocycles. The van der Waals surface area contributed by atoms with E-state index in [4.69, 9.17) is 14.9 Å². The number of aliphatic hydroxyl groups excluding tert-OH is 1. The van der Waals surface area contributed by atoms with E-state index in [9.17, 15) is 50.6 Å². The maximum atomic E-state index is 15.5. The smallest absolute Gasteiger partial charge is 0.433 e. The Morgan fingerprint density at radius 1 is 0.965 bits per heavy atom. The highest BCUT2D eigenvalue weighted by molar-refractivity contribution is 6.24. The molecule has 5 N–H and O–H groups in total. The first-order valence-corrected chi connectivity index (χ1v) is 16.8. The topological polar surface area (TPSA) is 195 Å². The number of benzene rings is 2. The summed E-state index contributed by atoms with van der Waals surface area (Å²) < 4.78 is 117. The van der Waals surface area contributed by atoms with Crippen molar-refractivity contribution in [1.29, 1.82) is 0 Å². The first-order chi connectivity index (χ1) is 26.7. The number of hydrazine groups is 1. The number of anilines is 1. The molecule has 0 saturated heterocycles. The fraction of sp³-hybridized carbons (Fsp3) is 0.371. The molecule has 0 unspecified atom stereocenters. The Morgan fingerprint density at radius 3 is 2.26 bits per heavy atom. The van der Waals surface area contributed by atoms with E-state index in [2.05, 4.69) is 20.6 Å². The van der Waals surface area contributed by atoms with Crippen molar-refractivity contribution in [2.24, 2.45) is 0 Å². The number of carbonyl (C=O) groups excluding carboxylic acids is 2. The van der Waals surface area contributed by atoms with Crippen LogP contribution in [0, 0.1) is 11.6 Å². The molecule has 1 fully saturated rings. The molecule has 1 saturated carbocycles. The number of hydrogen-bond acceptors (Lipinski definition) is 10. The van der Waals surface area contributed by atoms with Gasteiger partial charge in [-0.3, -0.25) is 24.2 Å². The van der Waals surface area contributed by atoms with Gasteiger partial charge in [-0.15, -0.1) is 0 Å². The third-order valence-electron chi connectivity index (χ3n) is 9.47. The molecule has 306 valence electrons. The van der Waals surface area contributed by atoms with Crippen LogP contribution in [0.1, 0.15) is 48.9 Å². The number of carboxylic acids is 2. The number of aromatic nitrogens is 2. The molecule has 3 aromatic rings. The summed E-state index contributed by atoms with van der Waals surface area (Å²) in [5, 5.41) is 36.2. The minimum Gasteiger partial charge on any atom is -0.509 e. The van der Waals surface area contributed by atoms with Crippen molar-refractivity contribution in [3.63, 3.8) is 0 Å². The van der Waals surface area contributed by atoms with Crippen molar-refractivity contribution in [3.05, 3.63) is 82.5 Å². The molecule has 1 atom stereocenters. The second kappa shape index (κ2) is 16.3. The average molecular weight is 817 g/mol. The van der Waals surface area contributed by atoms with E-state index in [1.807, 2.05) is 0 Å². The van der Waals surface area contributed by atoms with Crippen LogP contribution in [0.5, 0.6) is 5.75 Å². The maximum Gasteiger partial charge on any atom is 0.433 e. The summed E-state index contributed by atoms with van der Waals surface area (Å²) in [4.78, 5) is 56.7. The zero-order valence-electron chi connectivity index (χ0n) is 29.5. The lowest BCUT2D eigenvalue weighted by Crippen LogP contribution is -2.62. The van der Waals surface area contributed by atoms with Crippen LogP contribution in [-0.2, 0) is 38.1 Å². The van der Waals surface area contributed by atoms with Gasteiger partial charge >= 0.3 is 24.3 Å². The molecule has 2 heterocycles. The Hall–Kier alpha value is -5.90. The molecule has 1 spiro atoms. The van der Waals surface area contributed by atoms with Gasteiger partial charge in [-0.05, 0) is 43.2 Å². The number of rotatable bonds is 13. The Labute approximate surface area is 316 Å². The molecule has 1 aliphatic heterocycles. The molecule has 0 radical (unpaired) electrons. The van der Waals surface area contributed by atoms with Crippen LogP contribution >= 0.6 is 0 Å². The van der Waals surface area contributed by atoms with E-state index >= 15 is 8.78 Å². The summed E-state index contributed by atoms with van der Waals surface area (Å²) in [5.74, 6) is -9.84. The molecular weight excluding hydrogens is 784 g/mol. The molecule has 14 nitrogen and oxygen atoms in total. The number of carbonyl (C=O) groups is 4. The molecule has 1 aromatic heterocycles. The van der Waals surface area contributed by atoms with E-state index < -0.39 is 130 Å². The molecule has 2 aliphatic rings. The Morgan fingerprint density at radius 2 is 1.65 bits per heavy atom. The highest BCUT2D eigenvalue weighted by atomic mass is 19.4. The van der Waals surface area contributed by atoms with E-state index in [-0.39, 0.29) is 19.4 Å². The van der Waals surface area contributed by atoms with Crippen LogP contribution < -0.4 is 15.4 Å². The summed E-state index contributed by atoms with van der Waals surface area (Å²) in [6, 6.07) is 2.61. The first kappa shape index (κ1) is 42.2. The van der Waals surface area contributed by atoms with Crippen LogP contribution in [0.3, 0.4) is 0 Å². The first-order valence-electron chi connectivity index (χ1n) is 16.8. The molecule has 2 amide bonds. The van der Waals surface area contributed by atoms with Crippen molar-refractivity contribution in [1.82, 2.24) is 25.3 Å². The van der Waals surface area contributed by atoms with E-state index in [0.29, 0.717) is 37.4 Å². The van der Waals surface area contributed by atoms with Crippen LogP contribution in [0.2, 0.25) is 0 Å². The van der Waals surface area contributed by atoms with E-state index in [1.165, 1.54) is 12.1 Å². The highest BCUT2D eigenvalue weighted by Crippen LogP contribution is 2.45. The number of nitrogens with zero attached hydrogens (tertiary/aromatic N) is 4. The quantitative estimate of drug-likeness (QED) is 0.0850. The largest absolute Gasteiger partial charge is 0.509 e. The van der Waals surface area contributed by atoms with Gasteiger partial charge in [0.05, 0.1) is 35.4 Å². The lowest BCUT2D eigenvalue weighted by molar-refractivity contribution is -0.163. The normalized spacial score (nSPS) is 16.6. The number of carboxylic acid groups (broad SMARTS) is 2. The molecular formula is C35H32F8N6O8. The number of amides is 2. The summed E-state index contributed by atoms with van der Waals surface area (Å²) in [7, 11) is 1.36. The van der Waals surface area contributed by atoms with Crippen molar-refractivity contribution < 1.29 is 74.4 Å². The van der Waals surface area contributed by atoms with Gasteiger partial charge in [-0.25, -0.2) is 19.4 Å². The second-order valence-electron chi connectivity index (χ2n) is 13.0. The Balaban J connectivity index is 1.43. The van der Waals surface area contributed by atoms with Crippen LogP contribution in [0.4, 0.5) is 40.8 Å². The zero-order chi connectivity index (χ0) is 42.0. The lowest BCUT2D eigenvalue weighted by atomic mass is 9.88. The van der Waals surface area contributed by atoms with Gasteiger partial charge in [0.25, 0.3) is 11.8 Å². The summed E-state index contributed by atoms with van der Waals surface area (Å²) in [6.45, 7) is -1.42. The lowest BCUT2D eigenvalue weighted by Gasteiger charge is -2.48. The van der Waals surface area contributed by atoms with Gasteiger partial charge in [0, 0.05) is 24.7 Å². The number of halogens is 8. The van der Waals surface area contributed by atoms with Crippen molar-refractivity contribution in [2.75, 3.05) is 25.5 Å². The number of aliphatic hydroxyl groups is 1. The van der Waals surface area contributed by atoms with Gasteiger partial charge in [0.2, 0.25) is 5.82 Å². The number of alkyl halides is 6. The molecule has 0 bridgehead atoms. The highest BCUT2D eigenvalue weighted by Gasteiger charge is 2.53. The SMILES string of the molecule is CN1N(Cc2ccc(OCCN[C@@H](CC(=O)O)C(=O)O)c(F)c2F)C(=O)C(C(=O)Nc2ccc(C(F)(F)F)cc2-c2cc(C(F)(F)F)ncn2)=C(O)C12CCCC2. The second-order valence-corrected chi connectivity index (χ2v) is 13.0. The predicted molar refractivity (Wildman–Crippen MR) is 179 cm³/mol. The third kappa shape index (κ3) is 8.90. The minimum absolute atomic E-state index is 0.162. The monoisotopic (exact) mass is 816 g/mol. The Bertz CT molecular complexity index is 2110. The predicted octanol–water partition coefficient (Wildman–Crippen LogP) is 5.31.